The van der Waals surface area contributed by atoms with Crippen molar-refractivity contribution < 1.29 is 24.2 Å². The fraction of sp³-hybridized carbons (Fsp3) is 0.694. The Morgan fingerprint density at radius 3 is 1.90 bits per heavy atom. The second-order valence-electron chi connectivity index (χ2n) is 11.0. The van der Waals surface area contributed by atoms with Gasteiger partial charge in [-0.25, -0.2) is 0 Å². The van der Waals surface area contributed by atoms with Crippen LogP contribution in [0.5, 0.6) is 0 Å². The number of rotatable bonds is 29. The van der Waals surface area contributed by atoms with Gasteiger partial charge < -0.3 is 15.2 Å². The first-order valence-corrected chi connectivity index (χ1v) is 16.8. The highest BCUT2D eigenvalue weighted by Gasteiger charge is 2.11. The molecular weight excluding hydrogens is 526 g/mol. The Labute approximate surface area is 257 Å². The van der Waals surface area contributed by atoms with Crippen LogP contribution in [0.25, 0.3) is 0 Å². The summed E-state index contributed by atoms with van der Waals surface area (Å²) < 4.78 is 5.80. The second kappa shape index (κ2) is 31.3. The Kier molecular flexibility index (Phi) is 29.3. The van der Waals surface area contributed by atoms with Crippen molar-refractivity contribution in [2.24, 2.45) is 0 Å². The molecule has 1 amide bonds. The highest BCUT2D eigenvalue weighted by Crippen LogP contribution is 2.15. The SMILES string of the molecule is CC/C=C\C/C=C\C/C=C\CCCCCCCCCC(=O)OC(/C=C\CCCC)CCCCCCC(=O)NCC(=O)O. The van der Waals surface area contributed by atoms with Gasteiger partial charge in [-0.15, -0.1) is 0 Å². The maximum Gasteiger partial charge on any atom is 0.322 e. The maximum atomic E-state index is 12.5. The van der Waals surface area contributed by atoms with E-state index in [0.29, 0.717) is 12.8 Å². The summed E-state index contributed by atoms with van der Waals surface area (Å²) in [5, 5.41) is 11.0. The summed E-state index contributed by atoms with van der Waals surface area (Å²) in [6.45, 7) is 3.99. The number of carbonyl (C=O) groups excluding carboxylic acids is 2. The predicted molar refractivity (Wildman–Crippen MR) is 175 cm³/mol. The number of aliphatic carboxylic acids is 1. The van der Waals surface area contributed by atoms with Crippen molar-refractivity contribution in [3.05, 3.63) is 48.6 Å². The van der Waals surface area contributed by atoms with Crippen LogP contribution in [0.3, 0.4) is 0 Å². The van der Waals surface area contributed by atoms with E-state index in [2.05, 4.69) is 61.7 Å². The molecule has 0 heterocycles. The van der Waals surface area contributed by atoms with Gasteiger partial charge in [0, 0.05) is 12.8 Å². The minimum atomic E-state index is -1.03. The van der Waals surface area contributed by atoms with Crippen LogP contribution in [0.1, 0.15) is 149 Å². The Morgan fingerprint density at radius 2 is 1.24 bits per heavy atom. The number of hydrogen-bond donors (Lipinski definition) is 2. The van der Waals surface area contributed by atoms with Crippen LogP contribution in [-0.2, 0) is 19.1 Å². The predicted octanol–water partition coefficient (Wildman–Crippen LogP) is 9.56. The van der Waals surface area contributed by atoms with Gasteiger partial charge >= 0.3 is 11.9 Å². The van der Waals surface area contributed by atoms with Crippen LogP contribution >= 0.6 is 0 Å². The van der Waals surface area contributed by atoms with Crippen molar-refractivity contribution in [3.8, 4) is 0 Å². The summed E-state index contributed by atoms with van der Waals surface area (Å²) in [5.41, 5.74) is 0. The van der Waals surface area contributed by atoms with Gasteiger partial charge in [-0.3, -0.25) is 14.4 Å². The largest absolute Gasteiger partial charge is 0.480 e. The van der Waals surface area contributed by atoms with E-state index in [-0.39, 0.29) is 24.5 Å². The molecule has 0 aliphatic rings. The maximum absolute atomic E-state index is 12.5. The fourth-order valence-corrected chi connectivity index (χ4v) is 4.48. The van der Waals surface area contributed by atoms with Crippen molar-refractivity contribution in [1.29, 1.82) is 0 Å². The molecule has 0 saturated heterocycles. The van der Waals surface area contributed by atoms with E-state index in [1.165, 1.54) is 32.1 Å². The monoisotopic (exact) mass is 587 g/mol. The number of nitrogens with one attached hydrogen (secondary N) is 1. The topological polar surface area (TPSA) is 92.7 Å². The highest BCUT2D eigenvalue weighted by atomic mass is 16.5. The molecule has 0 aromatic heterocycles. The normalized spacial score (nSPS) is 12.6. The van der Waals surface area contributed by atoms with Gasteiger partial charge in [0.2, 0.25) is 5.91 Å². The molecule has 0 bridgehead atoms. The molecule has 0 aliphatic heterocycles. The van der Waals surface area contributed by atoms with Crippen molar-refractivity contribution in [2.45, 2.75) is 155 Å². The van der Waals surface area contributed by atoms with Gasteiger partial charge in [0.25, 0.3) is 0 Å². The Balaban J connectivity index is 3.94. The lowest BCUT2D eigenvalue weighted by molar-refractivity contribution is -0.147. The van der Waals surface area contributed by atoms with Gasteiger partial charge in [-0.1, -0.05) is 114 Å². The van der Waals surface area contributed by atoms with E-state index in [0.717, 1.165) is 89.9 Å². The van der Waals surface area contributed by atoms with Gasteiger partial charge in [0.05, 0.1) is 0 Å². The fourth-order valence-electron chi connectivity index (χ4n) is 4.48. The molecule has 0 aromatic rings. The molecule has 240 valence electrons. The molecular formula is C36H61NO5. The minimum absolute atomic E-state index is 0.103. The number of carbonyl (C=O) groups is 3. The molecule has 0 rings (SSSR count). The number of ether oxygens (including phenoxy) is 1. The van der Waals surface area contributed by atoms with Gasteiger partial charge in [-0.05, 0) is 70.3 Å². The average Bonchev–Trinajstić information content (AvgIpc) is 2.97. The lowest BCUT2D eigenvalue weighted by Gasteiger charge is -2.15. The van der Waals surface area contributed by atoms with Crippen LogP contribution in [-0.4, -0.2) is 35.6 Å². The quantitative estimate of drug-likeness (QED) is 0.0516. The van der Waals surface area contributed by atoms with Gasteiger partial charge in [-0.2, -0.15) is 0 Å². The zero-order valence-corrected chi connectivity index (χ0v) is 26.8. The third-order valence-electron chi connectivity index (χ3n) is 6.97. The van der Waals surface area contributed by atoms with Gasteiger partial charge in [0.1, 0.15) is 12.6 Å². The van der Waals surface area contributed by atoms with Crippen LogP contribution in [0.4, 0.5) is 0 Å². The summed E-state index contributed by atoms with van der Waals surface area (Å²) in [6.07, 6.45) is 38.3. The van der Waals surface area contributed by atoms with Crippen molar-refractivity contribution in [2.75, 3.05) is 6.54 Å². The molecule has 0 aromatic carbocycles. The smallest absolute Gasteiger partial charge is 0.322 e. The number of carboxylic acids is 1. The average molecular weight is 588 g/mol. The first-order valence-electron chi connectivity index (χ1n) is 16.8. The standard InChI is InChI=1S/C36H61NO5/c1-3-5-7-9-10-11-12-13-14-15-16-17-18-19-20-21-27-31-36(41)42-33(28-24-8-6-4-2)29-25-22-23-26-30-34(38)37-32-35(39)40/h5,7,10-11,13-14,24,28,33H,3-4,6,8-9,12,15-23,25-27,29-32H2,1-2H3,(H,37,38)(H,39,40)/b7-5-,11-10-,14-13-,28-24-. The number of amides is 1. The zero-order valence-electron chi connectivity index (χ0n) is 26.8. The third kappa shape index (κ3) is 30.3. The molecule has 0 aliphatic carbocycles. The molecule has 0 radical (unpaired) electrons. The van der Waals surface area contributed by atoms with E-state index in [9.17, 15) is 14.4 Å². The molecule has 0 fully saturated rings. The number of unbranched alkanes of at least 4 members (excludes halogenated alkanes) is 12. The summed E-state index contributed by atoms with van der Waals surface area (Å²) in [4.78, 5) is 34.6. The zero-order chi connectivity index (χ0) is 30.9. The number of hydrogen-bond acceptors (Lipinski definition) is 4. The molecule has 0 saturated carbocycles. The number of esters is 1. The number of carboxylic acid groups (broad SMARTS) is 1. The molecule has 0 spiro atoms. The molecule has 42 heavy (non-hydrogen) atoms. The molecule has 6 heteroatoms. The van der Waals surface area contributed by atoms with E-state index in [1.54, 1.807) is 0 Å². The van der Waals surface area contributed by atoms with Crippen LogP contribution in [0, 0.1) is 0 Å². The summed E-state index contributed by atoms with van der Waals surface area (Å²) in [7, 11) is 0. The Morgan fingerprint density at radius 1 is 0.667 bits per heavy atom. The van der Waals surface area contributed by atoms with Crippen LogP contribution in [0.2, 0.25) is 0 Å². The van der Waals surface area contributed by atoms with E-state index >= 15 is 0 Å². The Hall–Kier alpha value is -2.63. The molecule has 6 nitrogen and oxygen atoms in total. The molecule has 2 N–H and O–H groups in total. The highest BCUT2D eigenvalue weighted by molar-refractivity contribution is 5.80. The van der Waals surface area contributed by atoms with E-state index in [4.69, 9.17) is 9.84 Å². The summed E-state index contributed by atoms with van der Waals surface area (Å²) in [5.74, 6) is -1.35. The minimum Gasteiger partial charge on any atom is -0.480 e. The first kappa shape index (κ1) is 39.4. The van der Waals surface area contributed by atoms with Crippen molar-refractivity contribution in [3.63, 3.8) is 0 Å². The van der Waals surface area contributed by atoms with Crippen molar-refractivity contribution in [1.82, 2.24) is 5.32 Å². The van der Waals surface area contributed by atoms with Gasteiger partial charge in [0.15, 0.2) is 0 Å². The van der Waals surface area contributed by atoms with Crippen LogP contribution < -0.4 is 5.32 Å². The third-order valence-corrected chi connectivity index (χ3v) is 6.97. The van der Waals surface area contributed by atoms with E-state index in [1.807, 2.05) is 6.08 Å². The lowest BCUT2D eigenvalue weighted by atomic mass is 10.1. The summed E-state index contributed by atoms with van der Waals surface area (Å²) >= 11 is 0. The van der Waals surface area contributed by atoms with Crippen molar-refractivity contribution >= 4 is 17.8 Å². The second-order valence-corrected chi connectivity index (χ2v) is 11.0. The lowest BCUT2D eigenvalue weighted by Crippen LogP contribution is -2.28. The number of allylic oxidation sites excluding steroid dienone is 7. The molecule has 1 atom stereocenters. The molecule has 1 unspecified atom stereocenters. The van der Waals surface area contributed by atoms with Crippen LogP contribution in [0.15, 0.2) is 48.6 Å². The summed E-state index contributed by atoms with van der Waals surface area (Å²) in [6, 6.07) is 0. The first-order chi connectivity index (χ1) is 20.5. The Bertz CT molecular complexity index is 784. The van der Waals surface area contributed by atoms with E-state index < -0.39 is 5.97 Å².